The van der Waals surface area contributed by atoms with Gasteiger partial charge in [0.2, 0.25) is 0 Å². The highest BCUT2D eigenvalue weighted by molar-refractivity contribution is 5.95. The molecule has 0 bridgehead atoms. The van der Waals surface area contributed by atoms with E-state index in [2.05, 4.69) is 15.0 Å². The van der Waals surface area contributed by atoms with Crippen LogP contribution < -0.4 is 5.32 Å². The van der Waals surface area contributed by atoms with Crippen LogP contribution in [-0.4, -0.2) is 59.7 Å². The van der Waals surface area contributed by atoms with Crippen molar-refractivity contribution in [1.82, 2.24) is 20.3 Å². The number of esters is 1. The number of amides is 3. The van der Waals surface area contributed by atoms with Crippen molar-refractivity contribution in [3.63, 3.8) is 0 Å². The van der Waals surface area contributed by atoms with E-state index in [0.717, 1.165) is 5.56 Å². The molecule has 3 amide bonds. The van der Waals surface area contributed by atoms with E-state index < -0.39 is 5.97 Å². The lowest BCUT2D eigenvalue weighted by Gasteiger charge is -2.27. The molecule has 28 heavy (non-hydrogen) atoms. The number of urea groups is 1. The molecule has 1 aromatic heterocycles. The summed E-state index contributed by atoms with van der Waals surface area (Å²) >= 11 is 0. The Labute approximate surface area is 163 Å². The minimum atomic E-state index is -0.521. The summed E-state index contributed by atoms with van der Waals surface area (Å²) < 4.78 is 4.62. The fourth-order valence-electron chi connectivity index (χ4n) is 2.97. The SMILES string of the molecule is COC(=O)c1ccc(C(=O)N2CCCN2C(=O)NCCc2ccccc2)nc1. The van der Waals surface area contributed by atoms with Gasteiger partial charge in [-0.3, -0.25) is 9.78 Å². The van der Waals surface area contributed by atoms with Gasteiger partial charge < -0.3 is 10.1 Å². The average molecular weight is 382 g/mol. The van der Waals surface area contributed by atoms with Crippen molar-refractivity contribution < 1.29 is 19.1 Å². The molecule has 8 nitrogen and oxygen atoms in total. The molecule has 1 aliphatic rings. The van der Waals surface area contributed by atoms with Gasteiger partial charge in [-0.2, -0.15) is 0 Å². The Balaban J connectivity index is 1.59. The maximum absolute atomic E-state index is 12.7. The molecule has 1 aliphatic heterocycles. The molecule has 1 aromatic carbocycles. The number of methoxy groups -OCH3 is 1. The number of hydrogen-bond donors (Lipinski definition) is 1. The molecule has 0 atom stereocenters. The van der Waals surface area contributed by atoms with Gasteiger partial charge in [-0.15, -0.1) is 0 Å². The number of ether oxygens (including phenoxy) is 1. The summed E-state index contributed by atoms with van der Waals surface area (Å²) in [6.07, 6.45) is 2.70. The number of nitrogens with one attached hydrogen (secondary N) is 1. The van der Waals surface area contributed by atoms with Crippen LogP contribution in [0.15, 0.2) is 48.7 Å². The Bertz CT molecular complexity index is 839. The summed E-state index contributed by atoms with van der Waals surface area (Å²) in [5, 5.41) is 5.65. The fourth-order valence-corrected chi connectivity index (χ4v) is 2.97. The maximum Gasteiger partial charge on any atom is 0.339 e. The van der Waals surface area contributed by atoms with Gasteiger partial charge in [0.25, 0.3) is 5.91 Å². The van der Waals surface area contributed by atoms with E-state index in [9.17, 15) is 14.4 Å². The second kappa shape index (κ2) is 8.98. The monoisotopic (exact) mass is 382 g/mol. The van der Waals surface area contributed by atoms with Crippen LogP contribution in [0.4, 0.5) is 4.79 Å². The van der Waals surface area contributed by atoms with Gasteiger partial charge in [0.15, 0.2) is 0 Å². The van der Waals surface area contributed by atoms with Crippen LogP contribution in [0.25, 0.3) is 0 Å². The molecule has 0 spiro atoms. The molecule has 1 N–H and O–H groups in total. The van der Waals surface area contributed by atoms with Crippen molar-refractivity contribution in [2.24, 2.45) is 0 Å². The lowest BCUT2D eigenvalue weighted by atomic mass is 10.1. The predicted octanol–water partition coefficient (Wildman–Crippen LogP) is 1.88. The molecule has 0 radical (unpaired) electrons. The van der Waals surface area contributed by atoms with Crippen molar-refractivity contribution in [1.29, 1.82) is 0 Å². The minimum absolute atomic E-state index is 0.164. The van der Waals surface area contributed by atoms with E-state index in [0.29, 0.717) is 32.5 Å². The number of carbonyl (C=O) groups excluding carboxylic acids is 3. The van der Waals surface area contributed by atoms with Crippen LogP contribution in [0.3, 0.4) is 0 Å². The highest BCUT2D eigenvalue weighted by Crippen LogP contribution is 2.15. The van der Waals surface area contributed by atoms with Gasteiger partial charge in [-0.05, 0) is 30.5 Å². The zero-order valence-electron chi connectivity index (χ0n) is 15.6. The fraction of sp³-hybridized carbons (Fsp3) is 0.300. The molecule has 1 saturated heterocycles. The van der Waals surface area contributed by atoms with Crippen molar-refractivity contribution in [2.45, 2.75) is 12.8 Å². The van der Waals surface area contributed by atoms with Gasteiger partial charge in [-0.1, -0.05) is 30.3 Å². The molecule has 0 unspecified atom stereocenters. The topological polar surface area (TPSA) is 91.8 Å². The number of hydrazine groups is 1. The Morgan fingerprint density at radius 3 is 2.50 bits per heavy atom. The van der Waals surface area contributed by atoms with E-state index in [1.165, 1.54) is 35.5 Å². The second-order valence-corrected chi connectivity index (χ2v) is 6.30. The quantitative estimate of drug-likeness (QED) is 0.798. The Hall–Kier alpha value is -3.42. The van der Waals surface area contributed by atoms with Gasteiger partial charge in [0.1, 0.15) is 5.69 Å². The first-order valence-corrected chi connectivity index (χ1v) is 9.05. The van der Waals surface area contributed by atoms with Crippen LogP contribution in [0.2, 0.25) is 0 Å². The van der Waals surface area contributed by atoms with Crippen LogP contribution >= 0.6 is 0 Å². The molecule has 0 saturated carbocycles. The van der Waals surface area contributed by atoms with Crippen molar-refractivity contribution in [2.75, 3.05) is 26.7 Å². The third-order valence-corrected chi connectivity index (χ3v) is 4.44. The zero-order valence-corrected chi connectivity index (χ0v) is 15.6. The van der Waals surface area contributed by atoms with Crippen LogP contribution in [-0.2, 0) is 11.2 Å². The van der Waals surface area contributed by atoms with Gasteiger partial charge >= 0.3 is 12.0 Å². The van der Waals surface area contributed by atoms with Gasteiger partial charge in [0, 0.05) is 25.8 Å². The highest BCUT2D eigenvalue weighted by atomic mass is 16.5. The number of pyridine rings is 1. The summed E-state index contributed by atoms with van der Waals surface area (Å²) in [6, 6.07) is 12.5. The smallest absolute Gasteiger partial charge is 0.339 e. The molecule has 2 aromatic rings. The van der Waals surface area contributed by atoms with Crippen LogP contribution in [0, 0.1) is 0 Å². The van der Waals surface area contributed by atoms with E-state index in [-0.39, 0.29) is 23.2 Å². The molecule has 1 fully saturated rings. The molecule has 3 rings (SSSR count). The summed E-state index contributed by atoms with van der Waals surface area (Å²) in [7, 11) is 1.28. The minimum Gasteiger partial charge on any atom is -0.465 e. The first-order valence-electron chi connectivity index (χ1n) is 9.05. The number of nitrogens with zero attached hydrogens (tertiary/aromatic N) is 3. The third kappa shape index (κ3) is 4.46. The largest absolute Gasteiger partial charge is 0.465 e. The lowest BCUT2D eigenvalue weighted by Crippen LogP contribution is -2.49. The summed E-state index contributed by atoms with van der Waals surface area (Å²) in [4.78, 5) is 40.8. The number of aromatic nitrogens is 1. The first-order chi connectivity index (χ1) is 13.6. The number of rotatable bonds is 5. The van der Waals surface area contributed by atoms with Gasteiger partial charge in [0.05, 0.1) is 12.7 Å². The molecule has 0 aliphatic carbocycles. The normalized spacial score (nSPS) is 13.3. The molecular formula is C20H22N4O4. The second-order valence-electron chi connectivity index (χ2n) is 6.30. The van der Waals surface area contributed by atoms with Crippen molar-refractivity contribution in [3.05, 3.63) is 65.5 Å². The Morgan fingerprint density at radius 1 is 1.07 bits per heavy atom. The van der Waals surface area contributed by atoms with E-state index in [1.54, 1.807) is 0 Å². The lowest BCUT2D eigenvalue weighted by molar-refractivity contribution is 0.0371. The average Bonchev–Trinajstić information content (AvgIpc) is 3.23. The molecule has 146 valence electrons. The summed E-state index contributed by atoms with van der Waals surface area (Å²) in [5.41, 5.74) is 1.56. The third-order valence-electron chi connectivity index (χ3n) is 4.44. The first kappa shape index (κ1) is 19.3. The van der Waals surface area contributed by atoms with Crippen molar-refractivity contribution in [3.8, 4) is 0 Å². The number of hydrogen-bond acceptors (Lipinski definition) is 5. The maximum atomic E-state index is 12.7. The van der Waals surface area contributed by atoms with Gasteiger partial charge in [-0.25, -0.2) is 19.6 Å². The van der Waals surface area contributed by atoms with E-state index in [1.807, 2.05) is 30.3 Å². The van der Waals surface area contributed by atoms with Crippen LogP contribution in [0.1, 0.15) is 32.8 Å². The number of benzene rings is 1. The van der Waals surface area contributed by atoms with Crippen LogP contribution in [0.5, 0.6) is 0 Å². The standard InChI is InChI=1S/C20H22N4O4/c1-28-19(26)16-8-9-17(22-14-16)18(25)23-12-5-13-24(23)20(27)21-11-10-15-6-3-2-4-7-15/h2-4,6-9,14H,5,10-13H2,1H3,(H,21,27). The van der Waals surface area contributed by atoms with Crippen molar-refractivity contribution >= 4 is 17.9 Å². The highest BCUT2D eigenvalue weighted by Gasteiger charge is 2.31. The Kier molecular flexibility index (Phi) is 6.21. The zero-order chi connectivity index (χ0) is 19.9. The summed E-state index contributed by atoms with van der Waals surface area (Å²) in [5.74, 6) is -0.904. The Morgan fingerprint density at radius 2 is 1.82 bits per heavy atom. The number of carbonyl (C=O) groups is 3. The van der Waals surface area contributed by atoms with E-state index >= 15 is 0 Å². The predicted molar refractivity (Wildman–Crippen MR) is 101 cm³/mol. The molecule has 2 heterocycles. The molecule has 8 heteroatoms. The van der Waals surface area contributed by atoms with E-state index in [4.69, 9.17) is 0 Å². The summed E-state index contributed by atoms with van der Waals surface area (Å²) in [6.45, 7) is 1.38. The molecular weight excluding hydrogens is 360 g/mol.